The number of aliphatic hydroxyl groups excluding tert-OH is 2. The number of aliphatic hydroxyl groups is 3. The van der Waals surface area contributed by atoms with E-state index in [-0.39, 0.29) is 53.1 Å². The maximum absolute atomic E-state index is 13.7. The van der Waals surface area contributed by atoms with E-state index in [1.165, 1.54) is 50.5 Å². The van der Waals surface area contributed by atoms with Crippen molar-refractivity contribution in [2.24, 2.45) is 78.8 Å². The van der Waals surface area contributed by atoms with Crippen molar-refractivity contribution in [3.8, 4) is 11.8 Å². The van der Waals surface area contributed by atoms with Crippen LogP contribution in [0.4, 0.5) is 0 Å². The summed E-state index contributed by atoms with van der Waals surface area (Å²) in [6.45, 7) is 12.5. The molecule has 8 fully saturated rings. The number of benzene rings is 1. The molecule has 7 saturated carbocycles. The highest BCUT2D eigenvalue weighted by Crippen LogP contribution is 2.90. The molecule has 4 bridgehead atoms. The number of hydrogen-bond donors (Lipinski definition) is 4. The number of carboxylic acid groups (broad SMARTS) is 1. The van der Waals surface area contributed by atoms with Crippen LogP contribution in [-0.2, 0) is 27.1 Å². The monoisotopic (exact) mass is 895 g/mol. The molecule has 7 nitrogen and oxygen atoms in total. The molecule has 0 amide bonds. The van der Waals surface area contributed by atoms with Crippen LogP contribution in [0.25, 0.3) is 0 Å². The molecule has 0 aromatic heterocycles. The van der Waals surface area contributed by atoms with Crippen molar-refractivity contribution in [2.45, 2.75) is 207 Å². The maximum atomic E-state index is 13.7. The summed E-state index contributed by atoms with van der Waals surface area (Å²) in [5, 5.41) is 50.3. The predicted octanol–water partition coefficient (Wildman–Crippen LogP) is 11.3. The third kappa shape index (κ3) is 6.07. The van der Waals surface area contributed by atoms with Gasteiger partial charge in [-0.25, -0.2) is 0 Å². The standard InChI is InChI=1S/C58H86O7/c1-7-12-45-56-33-32-54-26-11-15-40(17-16-39-13-9-8-10-14-39)24-27-55-43(22-23-44-48(55)50(2,29-31-52(54,55)4)28-30-51(44,3)49(61)62)36-53(54,5)57(56,38-59)46(60)37-58(45,63)65-47(56)35-42-20-18-41(19-21-42)25-34-64-6/h18-21,39-40,43-48,59-60,63H,7-10,12-17,22-25,27-38H2,1-6H3,(H,61,62)/t40-,43+,44-,45-,46+,47-,48-,50-,51-,52-,53-,54-,55+,56-,57+,58+/m1/s1. The fourth-order valence-corrected chi connectivity index (χ4v) is 20.7. The number of ether oxygens (including phenoxy) is 2. The Bertz CT molecular complexity index is 2020. The molecule has 1 aromatic carbocycles. The molecule has 8 aliphatic carbocycles. The summed E-state index contributed by atoms with van der Waals surface area (Å²) in [4.78, 5) is 13.7. The van der Waals surface area contributed by atoms with Crippen molar-refractivity contribution < 1.29 is 34.7 Å². The third-order valence-electron chi connectivity index (χ3n) is 23.7. The molecular weight excluding hydrogens is 809 g/mol. The molecular formula is C58H86O7. The number of methoxy groups -OCH3 is 1. The van der Waals surface area contributed by atoms with Crippen molar-refractivity contribution in [3.63, 3.8) is 0 Å². The second kappa shape index (κ2) is 16.3. The molecule has 360 valence electrons. The van der Waals surface area contributed by atoms with Gasteiger partial charge in [-0.05, 0) is 166 Å². The van der Waals surface area contributed by atoms with Crippen molar-refractivity contribution >= 4 is 5.97 Å². The molecule has 0 radical (unpaired) electrons. The summed E-state index contributed by atoms with van der Waals surface area (Å²) < 4.78 is 12.6. The number of aliphatic carboxylic acids is 1. The van der Waals surface area contributed by atoms with Crippen molar-refractivity contribution in [3.05, 3.63) is 35.4 Å². The zero-order chi connectivity index (χ0) is 45.9. The fraction of sp³-hybridized carbons (Fsp3) is 0.845. The quantitative estimate of drug-likeness (QED) is 0.154. The van der Waals surface area contributed by atoms with Crippen LogP contribution in [0.1, 0.15) is 187 Å². The van der Waals surface area contributed by atoms with Gasteiger partial charge in [0.15, 0.2) is 5.79 Å². The third-order valence-corrected chi connectivity index (χ3v) is 23.7. The second-order valence-electron chi connectivity index (χ2n) is 25.5. The molecule has 3 spiro atoms. The summed E-state index contributed by atoms with van der Waals surface area (Å²) in [7, 11) is 1.74. The van der Waals surface area contributed by atoms with Gasteiger partial charge in [0.05, 0.1) is 30.8 Å². The number of hydrogen-bond acceptors (Lipinski definition) is 6. The predicted molar refractivity (Wildman–Crippen MR) is 254 cm³/mol. The van der Waals surface area contributed by atoms with E-state index >= 15 is 0 Å². The molecule has 1 aliphatic heterocycles. The van der Waals surface area contributed by atoms with Crippen molar-refractivity contribution in [1.82, 2.24) is 0 Å². The first-order valence-corrected chi connectivity index (χ1v) is 27.0. The van der Waals surface area contributed by atoms with Crippen LogP contribution < -0.4 is 0 Å². The van der Waals surface area contributed by atoms with Gasteiger partial charge >= 0.3 is 5.97 Å². The highest BCUT2D eigenvalue weighted by atomic mass is 16.6. The summed E-state index contributed by atoms with van der Waals surface area (Å²) in [5.74, 6) is 8.18. The molecule has 0 unspecified atom stereocenters. The smallest absolute Gasteiger partial charge is 0.309 e. The van der Waals surface area contributed by atoms with E-state index in [1.807, 2.05) is 0 Å². The van der Waals surface area contributed by atoms with E-state index in [2.05, 4.69) is 70.7 Å². The Balaban J connectivity index is 1.16. The van der Waals surface area contributed by atoms with Gasteiger partial charge in [0, 0.05) is 42.1 Å². The molecule has 1 aromatic rings. The first-order chi connectivity index (χ1) is 31.0. The zero-order valence-electron chi connectivity index (χ0n) is 41.3. The van der Waals surface area contributed by atoms with Crippen LogP contribution in [-0.4, -0.2) is 64.7 Å². The van der Waals surface area contributed by atoms with Gasteiger partial charge in [-0.3, -0.25) is 4.79 Å². The average molecular weight is 895 g/mol. The lowest BCUT2D eigenvalue weighted by Gasteiger charge is -2.84. The zero-order valence-corrected chi connectivity index (χ0v) is 41.3. The minimum absolute atomic E-state index is 0.0624. The maximum Gasteiger partial charge on any atom is 0.309 e. The van der Waals surface area contributed by atoms with E-state index in [4.69, 9.17) is 9.47 Å². The molecule has 10 rings (SSSR count). The number of fused-ring (bicyclic) bond motifs is 2. The van der Waals surface area contributed by atoms with Crippen molar-refractivity contribution in [2.75, 3.05) is 20.3 Å². The summed E-state index contributed by atoms with van der Waals surface area (Å²) in [6, 6.07) is 8.82. The highest BCUT2D eigenvalue weighted by molar-refractivity contribution is 5.75. The van der Waals surface area contributed by atoms with Crippen LogP contribution in [0.15, 0.2) is 24.3 Å². The van der Waals surface area contributed by atoms with Crippen LogP contribution >= 0.6 is 0 Å². The van der Waals surface area contributed by atoms with Crippen LogP contribution in [0, 0.1) is 90.7 Å². The largest absolute Gasteiger partial charge is 0.481 e. The van der Waals surface area contributed by atoms with Crippen molar-refractivity contribution in [1.29, 1.82) is 0 Å². The summed E-state index contributed by atoms with van der Waals surface area (Å²) in [5.41, 5.74) is -1.51. The van der Waals surface area contributed by atoms with E-state index in [9.17, 15) is 25.2 Å². The minimum atomic E-state index is -1.48. The number of rotatable bonds is 12. The Hall–Kier alpha value is -1.95. The van der Waals surface area contributed by atoms with Gasteiger partial charge in [0.1, 0.15) is 0 Å². The Labute approximate surface area is 392 Å². The normalized spacial score (nSPS) is 49.8. The van der Waals surface area contributed by atoms with Crippen LogP contribution in [0.3, 0.4) is 0 Å². The summed E-state index contributed by atoms with van der Waals surface area (Å²) in [6.07, 6.45) is 22.6. The van der Waals surface area contributed by atoms with E-state index in [0.29, 0.717) is 24.9 Å². The van der Waals surface area contributed by atoms with Gasteiger partial charge in [-0.1, -0.05) is 103 Å². The minimum Gasteiger partial charge on any atom is -0.481 e. The van der Waals surface area contributed by atoms with E-state index in [0.717, 1.165) is 108 Å². The van der Waals surface area contributed by atoms with Gasteiger partial charge in [0.2, 0.25) is 0 Å². The van der Waals surface area contributed by atoms with E-state index in [1.54, 1.807) is 7.11 Å². The Morgan fingerprint density at radius 2 is 1.54 bits per heavy atom. The Morgan fingerprint density at radius 3 is 2.25 bits per heavy atom. The Morgan fingerprint density at radius 1 is 0.815 bits per heavy atom. The molecule has 4 N–H and O–H groups in total. The van der Waals surface area contributed by atoms with Crippen LogP contribution in [0.2, 0.25) is 0 Å². The SMILES string of the molecule is CCC[C@@H]1[C@@]23CC[C@]45C#CC[C@H](CCC6CCCCC6)CC[C@]67[C@@H](CC[C@@H]8[C@@H]6[C@@](C)(CC[C@@]74C)CC[C@@]8(C)C(=O)O)C[C@@]5(C)[C@]2(CO)[C@@H](O)C[C@]1(O)O[C@@H]3Cc1ccc(CCOC)cc1. The molecule has 65 heavy (non-hydrogen) atoms. The molecule has 1 saturated heterocycles. The van der Waals surface area contributed by atoms with Crippen LogP contribution in [0.5, 0.6) is 0 Å². The fourth-order valence-electron chi connectivity index (χ4n) is 20.7. The van der Waals surface area contributed by atoms with Gasteiger partial charge in [0.25, 0.3) is 0 Å². The molecule has 7 heteroatoms. The van der Waals surface area contributed by atoms with E-state index < -0.39 is 44.9 Å². The van der Waals surface area contributed by atoms with Gasteiger partial charge in [-0.2, -0.15) is 0 Å². The second-order valence-corrected chi connectivity index (χ2v) is 25.5. The lowest BCUT2D eigenvalue weighted by atomic mass is 9.19. The molecule has 16 atom stereocenters. The van der Waals surface area contributed by atoms with Gasteiger partial charge < -0.3 is 29.9 Å². The van der Waals surface area contributed by atoms with Gasteiger partial charge in [-0.15, -0.1) is 5.92 Å². The number of carbonyl (C=O) groups is 1. The number of carboxylic acids is 1. The average Bonchev–Trinajstić information content (AvgIpc) is 3.47. The first kappa shape index (κ1) is 46.8. The summed E-state index contributed by atoms with van der Waals surface area (Å²) >= 11 is 0. The molecule has 1 heterocycles. The lowest BCUT2D eigenvalue weighted by molar-refractivity contribution is -0.380. The topological polar surface area (TPSA) is 116 Å². The lowest BCUT2D eigenvalue weighted by Crippen LogP contribution is -2.82. The highest BCUT2D eigenvalue weighted by Gasteiger charge is 2.89. The Kier molecular flexibility index (Phi) is 11.7. The first-order valence-electron chi connectivity index (χ1n) is 27.0. The molecule has 9 aliphatic rings.